The van der Waals surface area contributed by atoms with Crippen molar-refractivity contribution in [2.75, 3.05) is 0 Å². The van der Waals surface area contributed by atoms with Crippen molar-refractivity contribution >= 4 is 11.9 Å². The smallest absolute Gasteiger partial charge is 0.336 e. The molecule has 20 heavy (non-hydrogen) atoms. The second-order valence-electron chi connectivity index (χ2n) is 3.99. The second kappa shape index (κ2) is 5.72. The molecule has 0 fully saturated rings. The van der Waals surface area contributed by atoms with E-state index in [1.165, 1.54) is 18.2 Å². The van der Waals surface area contributed by atoms with Crippen molar-refractivity contribution in [2.45, 2.75) is 0 Å². The molecule has 2 aromatic carbocycles. The Bertz CT molecular complexity index is 721. The highest BCUT2D eigenvalue weighted by atomic mass is 16.4. The number of aromatic carboxylic acids is 2. The predicted octanol–water partition coefficient (Wildman–Crippen LogP) is 2.48. The average molecular weight is 266 g/mol. The Balaban J connectivity index is 2.40. The van der Waals surface area contributed by atoms with Crippen LogP contribution in [0.2, 0.25) is 0 Å². The van der Waals surface area contributed by atoms with Crippen LogP contribution in [0.1, 0.15) is 31.8 Å². The van der Waals surface area contributed by atoms with Crippen LogP contribution in [0.5, 0.6) is 0 Å². The normalized spacial score (nSPS) is 9.40. The largest absolute Gasteiger partial charge is 0.478 e. The van der Waals surface area contributed by atoms with Crippen molar-refractivity contribution in [1.82, 2.24) is 0 Å². The quantitative estimate of drug-likeness (QED) is 0.819. The van der Waals surface area contributed by atoms with E-state index in [0.717, 1.165) is 5.56 Å². The van der Waals surface area contributed by atoms with E-state index in [1.807, 2.05) is 30.3 Å². The van der Waals surface area contributed by atoms with Gasteiger partial charge < -0.3 is 10.2 Å². The summed E-state index contributed by atoms with van der Waals surface area (Å²) in [5.41, 5.74) is 0.739. The Morgan fingerprint density at radius 2 is 1.35 bits per heavy atom. The molecule has 98 valence electrons. The van der Waals surface area contributed by atoms with Gasteiger partial charge in [-0.05, 0) is 30.3 Å². The number of rotatable bonds is 2. The van der Waals surface area contributed by atoms with Crippen molar-refractivity contribution in [3.05, 3.63) is 70.8 Å². The monoisotopic (exact) mass is 266 g/mol. The molecule has 0 saturated carbocycles. The molecule has 0 atom stereocenters. The van der Waals surface area contributed by atoms with Crippen molar-refractivity contribution < 1.29 is 19.8 Å². The fraction of sp³-hybridized carbons (Fsp3) is 0. The van der Waals surface area contributed by atoms with Crippen molar-refractivity contribution in [1.29, 1.82) is 0 Å². The third-order valence-corrected chi connectivity index (χ3v) is 2.61. The number of benzene rings is 2. The summed E-state index contributed by atoms with van der Waals surface area (Å²) in [6, 6.07) is 13.2. The highest BCUT2D eigenvalue weighted by Crippen LogP contribution is 2.12. The zero-order valence-corrected chi connectivity index (χ0v) is 10.3. The molecule has 0 aliphatic heterocycles. The fourth-order valence-electron chi connectivity index (χ4n) is 1.65. The highest BCUT2D eigenvalue weighted by Gasteiger charge is 2.15. The minimum Gasteiger partial charge on any atom is -0.478 e. The minimum atomic E-state index is -1.29. The maximum atomic E-state index is 11.0. The maximum absolute atomic E-state index is 11.0. The number of carboxylic acids is 2. The topological polar surface area (TPSA) is 74.6 Å². The van der Waals surface area contributed by atoms with E-state index in [9.17, 15) is 9.59 Å². The molecule has 0 radical (unpaired) electrons. The lowest BCUT2D eigenvalue weighted by Gasteiger charge is -2.01. The number of hydrogen-bond donors (Lipinski definition) is 2. The van der Waals surface area contributed by atoms with Gasteiger partial charge in [-0.2, -0.15) is 0 Å². The zero-order chi connectivity index (χ0) is 14.5. The third kappa shape index (κ3) is 3.03. The van der Waals surface area contributed by atoms with Gasteiger partial charge in [0, 0.05) is 11.1 Å². The standard InChI is InChI=1S/C16H10O4/c17-15(18)13-9-8-12(10-14(13)16(19)20)7-6-11-4-2-1-3-5-11/h1-5,8-10H,(H,17,18)(H,19,20). The fourth-order valence-corrected chi connectivity index (χ4v) is 1.65. The van der Waals surface area contributed by atoms with Crippen molar-refractivity contribution in [3.8, 4) is 11.8 Å². The summed E-state index contributed by atoms with van der Waals surface area (Å²) in [5.74, 6) is 3.14. The van der Waals surface area contributed by atoms with E-state index in [2.05, 4.69) is 11.8 Å². The van der Waals surface area contributed by atoms with E-state index in [1.54, 1.807) is 0 Å². The molecule has 0 aliphatic carbocycles. The second-order valence-corrected chi connectivity index (χ2v) is 3.99. The van der Waals surface area contributed by atoms with Crippen LogP contribution in [0.3, 0.4) is 0 Å². The summed E-state index contributed by atoms with van der Waals surface area (Å²) in [6.07, 6.45) is 0. The molecule has 4 nitrogen and oxygen atoms in total. The number of carbonyl (C=O) groups is 2. The summed E-state index contributed by atoms with van der Waals surface area (Å²) in [5, 5.41) is 17.9. The summed E-state index contributed by atoms with van der Waals surface area (Å²) in [6.45, 7) is 0. The molecule has 2 aromatic rings. The van der Waals surface area contributed by atoms with Gasteiger partial charge in [-0.3, -0.25) is 0 Å². The minimum absolute atomic E-state index is 0.247. The van der Waals surface area contributed by atoms with Crippen LogP contribution >= 0.6 is 0 Å². The van der Waals surface area contributed by atoms with Crippen LogP contribution in [0.4, 0.5) is 0 Å². The van der Waals surface area contributed by atoms with Crippen LogP contribution < -0.4 is 0 Å². The van der Waals surface area contributed by atoms with Gasteiger partial charge in [-0.25, -0.2) is 9.59 Å². The van der Waals surface area contributed by atoms with Crippen LogP contribution in [-0.2, 0) is 0 Å². The zero-order valence-electron chi connectivity index (χ0n) is 10.3. The molecule has 2 rings (SSSR count). The van der Waals surface area contributed by atoms with Gasteiger partial charge in [-0.15, -0.1) is 0 Å². The molecular weight excluding hydrogens is 256 g/mol. The lowest BCUT2D eigenvalue weighted by molar-refractivity contribution is 0.0651. The van der Waals surface area contributed by atoms with Crippen LogP contribution in [0.15, 0.2) is 48.5 Å². The molecule has 0 unspecified atom stereocenters. The van der Waals surface area contributed by atoms with Crippen LogP contribution in [0, 0.1) is 11.8 Å². The highest BCUT2D eigenvalue weighted by molar-refractivity contribution is 6.01. The molecule has 0 amide bonds. The summed E-state index contributed by atoms with van der Waals surface area (Å²) in [4.78, 5) is 22.0. The average Bonchev–Trinajstić information content (AvgIpc) is 2.45. The van der Waals surface area contributed by atoms with Gasteiger partial charge >= 0.3 is 11.9 Å². The lowest BCUT2D eigenvalue weighted by atomic mass is 10.0. The van der Waals surface area contributed by atoms with Crippen molar-refractivity contribution in [3.63, 3.8) is 0 Å². The van der Waals surface area contributed by atoms with Gasteiger partial charge in [-0.1, -0.05) is 30.0 Å². The van der Waals surface area contributed by atoms with Crippen LogP contribution in [-0.4, -0.2) is 22.2 Å². The Labute approximate surface area is 115 Å². The summed E-state index contributed by atoms with van der Waals surface area (Å²) < 4.78 is 0. The van der Waals surface area contributed by atoms with Gasteiger partial charge in [0.1, 0.15) is 0 Å². The maximum Gasteiger partial charge on any atom is 0.336 e. The Morgan fingerprint density at radius 3 is 1.95 bits per heavy atom. The predicted molar refractivity (Wildman–Crippen MR) is 72.8 cm³/mol. The van der Waals surface area contributed by atoms with Crippen LogP contribution in [0.25, 0.3) is 0 Å². The summed E-state index contributed by atoms with van der Waals surface area (Å²) in [7, 11) is 0. The van der Waals surface area contributed by atoms with E-state index < -0.39 is 11.9 Å². The Hall–Kier alpha value is -3.06. The van der Waals surface area contributed by atoms with Gasteiger partial charge in [0.15, 0.2) is 0 Å². The molecule has 0 bridgehead atoms. The van der Waals surface area contributed by atoms with Crippen molar-refractivity contribution in [2.24, 2.45) is 0 Å². The van der Waals surface area contributed by atoms with Gasteiger partial charge in [0.2, 0.25) is 0 Å². The first-order valence-corrected chi connectivity index (χ1v) is 5.75. The van der Waals surface area contributed by atoms with Gasteiger partial charge in [0.25, 0.3) is 0 Å². The molecule has 0 saturated heterocycles. The molecule has 0 aromatic heterocycles. The first-order chi connectivity index (χ1) is 9.58. The molecule has 0 spiro atoms. The first-order valence-electron chi connectivity index (χ1n) is 5.75. The molecule has 0 aliphatic rings. The molecule has 2 N–H and O–H groups in total. The molecule has 0 heterocycles. The van der Waals surface area contributed by atoms with E-state index in [-0.39, 0.29) is 11.1 Å². The third-order valence-electron chi connectivity index (χ3n) is 2.61. The number of hydrogen-bond acceptors (Lipinski definition) is 2. The van der Waals surface area contributed by atoms with Gasteiger partial charge in [0.05, 0.1) is 11.1 Å². The number of carboxylic acid groups (broad SMARTS) is 2. The van der Waals surface area contributed by atoms with E-state index >= 15 is 0 Å². The molecular formula is C16H10O4. The Kier molecular flexibility index (Phi) is 3.82. The van der Waals surface area contributed by atoms with E-state index in [0.29, 0.717) is 5.56 Å². The van der Waals surface area contributed by atoms with E-state index in [4.69, 9.17) is 10.2 Å². The SMILES string of the molecule is O=C(O)c1ccc(C#Cc2ccccc2)cc1C(=O)O. The first kappa shape index (κ1) is 13.4. The summed E-state index contributed by atoms with van der Waals surface area (Å²) >= 11 is 0. The lowest BCUT2D eigenvalue weighted by Crippen LogP contribution is -2.08. The molecule has 4 heteroatoms. The Morgan fingerprint density at radius 1 is 0.750 bits per heavy atom.